The third-order valence-corrected chi connectivity index (χ3v) is 4.23. The van der Waals surface area contributed by atoms with Crippen LogP contribution in [0.15, 0.2) is 12.4 Å². The van der Waals surface area contributed by atoms with Gasteiger partial charge in [-0.25, -0.2) is 0 Å². The van der Waals surface area contributed by atoms with Gasteiger partial charge in [-0.1, -0.05) is 6.42 Å². The fourth-order valence-corrected chi connectivity index (χ4v) is 2.87. The van der Waals surface area contributed by atoms with Gasteiger partial charge in [-0.05, 0) is 32.1 Å². The number of carbonyl (C=O) groups excluding carboxylic acids is 2. The molecule has 7 nitrogen and oxygen atoms in total. The summed E-state index contributed by atoms with van der Waals surface area (Å²) in [7, 11) is 0. The monoisotopic (exact) mass is 341 g/mol. The first-order valence-electron chi connectivity index (χ1n) is 7.98. The number of hydrogen-bond donors (Lipinski definition) is 3. The van der Waals surface area contributed by atoms with Gasteiger partial charge in [-0.3, -0.25) is 14.3 Å². The van der Waals surface area contributed by atoms with Crippen LogP contribution in [-0.2, 0) is 16.1 Å². The van der Waals surface area contributed by atoms with Crippen LogP contribution < -0.4 is 16.4 Å². The molecule has 2 unspecified atom stereocenters. The Labute approximate surface area is 141 Å². The van der Waals surface area contributed by atoms with Gasteiger partial charge in [0.2, 0.25) is 11.8 Å². The van der Waals surface area contributed by atoms with Gasteiger partial charge in [0.1, 0.15) is 6.54 Å². The second kappa shape index (κ2) is 7.79. The molecule has 2 fully saturated rings. The molecule has 1 aromatic heterocycles. The predicted molar refractivity (Wildman–Crippen MR) is 89.2 cm³/mol. The van der Waals surface area contributed by atoms with E-state index in [4.69, 9.17) is 5.73 Å². The SMILES string of the molecule is Cl.NC1CCCC(C(=O)Nc2cnn(CC(=O)NC3CC3)c2)C1. The molecule has 3 rings (SSSR count). The van der Waals surface area contributed by atoms with Crippen LogP contribution in [0.1, 0.15) is 38.5 Å². The summed E-state index contributed by atoms with van der Waals surface area (Å²) in [6, 6.07) is 0.469. The van der Waals surface area contributed by atoms with E-state index in [0.29, 0.717) is 11.7 Å². The molecule has 0 bridgehead atoms. The minimum absolute atomic E-state index is 0. The number of nitrogens with one attached hydrogen (secondary N) is 2. The molecule has 2 saturated carbocycles. The summed E-state index contributed by atoms with van der Waals surface area (Å²) in [5.74, 6) is -0.0656. The maximum atomic E-state index is 12.2. The first kappa shape index (κ1) is 17.7. The number of anilines is 1. The molecule has 2 atom stereocenters. The molecule has 8 heteroatoms. The van der Waals surface area contributed by atoms with Gasteiger partial charge in [0.25, 0.3) is 0 Å². The zero-order valence-corrected chi connectivity index (χ0v) is 13.8. The van der Waals surface area contributed by atoms with Crippen molar-refractivity contribution in [1.29, 1.82) is 0 Å². The van der Waals surface area contributed by atoms with E-state index in [0.717, 1.165) is 38.5 Å². The molecule has 4 N–H and O–H groups in total. The standard InChI is InChI=1S/C15H23N5O2.ClH/c16-11-3-1-2-10(6-11)15(22)19-13-7-17-20(8-13)9-14(21)18-12-4-5-12;/h7-8,10-12H,1-6,9,16H2,(H,18,21)(H,19,22);1H. The van der Waals surface area contributed by atoms with Gasteiger partial charge in [0.15, 0.2) is 0 Å². The van der Waals surface area contributed by atoms with E-state index in [2.05, 4.69) is 15.7 Å². The summed E-state index contributed by atoms with van der Waals surface area (Å²) in [6.45, 7) is 0.181. The third kappa shape index (κ3) is 5.21. The lowest BCUT2D eigenvalue weighted by atomic mass is 9.85. The summed E-state index contributed by atoms with van der Waals surface area (Å²) in [5, 5.41) is 9.89. The van der Waals surface area contributed by atoms with Crippen molar-refractivity contribution in [3.8, 4) is 0 Å². The highest BCUT2D eigenvalue weighted by Gasteiger charge is 2.26. The number of rotatable bonds is 5. The molecule has 128 valence electrons. The Balaban J connectivity index is 0.00000192. The van der Waals surface area contributed by atoms with Crippen LogP contribution in [0.25, 0.3) is 0 Å². The Morgan fingerprint density at radius 1 is 1.30 bits per heavy atom. The van der Waals surface area contributed by atoms with E-state index in [9.17, 15) is 9.59 Å². The van der Waals surface area contributed by atoms with Gasteiger partial charge < -0.3 is 16.4 Å². The predicted octanol–water partition coefficient (Wildman–Crippen LogP) is 1.04. The zero-order chi connectivity index (χ0) is 15.5. The molecule has 2 amide bonds. The number of amides is 2. The summed E-state index contributed by atoms with van der Waals surface area (Å²) in [5.41, 5.74) is 6.55. The highest BCUT2D eigenvalue weighted by atomic mass is 35.5. The fourth-order valence-electron chi connectivity index (χ4n) is 2.87. The summed E-state index contributed by atoms with van der Waals surface area (Å²) >= 11 is 0. The molecule has 0 aliphatic heterocycles. The van der Waals surface area contributed by atoms with E-state index in [1.54, 1.807) is 17.1 Å². The third-order valence-electron chi connectivity index (χ3n) is 4.23. The van der Waals surface area contributed by atoms with Gasteiger partial charge in [0, 0.05) is 24.2 Å². The second-order valence-corrected chi connectivity index (χ2v) is 6.38. The summed E-state index contributed by atoms with van der Waals surface area (Å²) in [6.07, 6.45) is 9.02. The van der Waals surface area contributed by atoms with Crippen LogP contribution in [0.4, 0.5) is 5.69 Å². The van der Waals surface area contributed by atoms with Crippen molar-refractivity contribution in [1.82, 2.24) is 15.1 Å². The van der Waals surface area contributed by atoms with Gasteiger partial charge in [0.05, 0.1) is 11.9 Å². The lowest BCUT2D eigenvalue weighted by molar-refractivity contribution is -0.122. The Kier molecular flexibility index (Phi) is 6.01. The van der Waals surface area contributed by atoms with Crippen molar-refractivity contribution in [3.63, 3.8) is 0 Å². The van der Waals surface area contributed by atoms with Crippen molar-refractivity contribution in [2.24, 2.45) is 11.7 Å². The van der Waals surface area contributed by atoms with E-state index in [1.165, 1.54) is 0 Å². The van der Waals surface area contributed by atoms with Crippen LogP contribution >= 0.6 is 12.4 Å². The average molecular weight is 342 g/mol. The Morgan fingerprint density at radius 3 is 2.78 bits per heavy atom. The Bertz CT molecular complexity index is 558. The van der Waals surface area contributed by atoms with E-state index >= 15 is 0 Å². The van der Waals surface area contributed by atoms with E-state index in [1.807, 2.05) is 0 Å². The molecule has 0 radical (unpaired) electrons. The normalized spacial score (nSPS) is 23.7. The molecule has 2 aliphatic carbocycles. The van der Waals surface area contributed by atoms with Crippen LogP contribution in [-0.4, -0.2) is 33.7 Å². The van der Waals surface area contributed by atoms with Gasteiger partial charge in [-0.2, -0.15) is 5.10 Å². The van der Waals surface area contributed by atoms with Crippen LogP contribution in [0.2, 0.25) is 0 Å². The molecular formula is C15H24ClN5O2. The number of halogens is 1. The molecular weight excluding hydrogens is 318 g/mol. The molecule has 23 heavy (non-hydrogen) atoms. The van der Waals surface area contributed by atoms with Gasteiger partial charge in [-0.15, -0.1) is 12.4 Å². The topological polar surface area (TPSA) is 102 Å². The van der Waals surface area contributed by atoms with Crippen molar-refractivity contribution >= 4 is 29.9 Å². The average Bonchev–Trinajstić information content (AvgIpc) is 3.18. The molecule has 1 heterocycles. The Morgan fingerprint density at radius 2 is 2.09 bits per heavy atom. The second-order valence-electron chi connectivity index (χ2n) is 6.38. The maximum Gasteiger partial charge on any atom is 0.241 e. The summed E-state index contributed by atoms with van der Waals surface area (Å²) in [4.78, 5) is 23.9. The summed E-state index contributed by atoms with van der Waals surface area (Å²) < 4.78 is 1.54. The minimum Gasteiger partial charge on any atom is -0.352 e. The lowest BCUT2D eigenvalue weighted by Crippen LogP contribution is -2.34. The number of nitrogens with zero attached hydrogens (tertiary/aromatic N) is 2. The number of nitrogens with two attached hydrogens (primary N) is 1. The van der Waals surface area contributed by atoms with Crippen molar-refractivity contribution < 1.29 is 9.59 Å². The number of carbonyl (C=O) groups is 2. The largest absolute Gasteiger partial charge is 0.352 e. The number of aromatic nitrogens is 2. The van der Waals surface area contributed by atoms with Crippen LogP contribution in [0, 0.1) is 5.92 Å². The van der Waals surface area contributed by atoms with Crippen molar-refractivity contribution in [3.05, 3.63) is 12.4 Å². The van der Waals surface area contributed by atoms with E-state index in [-0.39, 0.29) is 42.7 Å². The van der Waals surface area contributed by atoms with Gasteiger partial charge >= 0.3 is 0 Å². The zero-order valence-electron chi connectivity index (χ0n) is 13.0. The first-order chi connectivity index (χ1) is 10.6. The maximum absolute atomic E-state index is 12.2. The van der Waals surface area contributed by atoms with Crippen LogP contribution in [0.3, 0.4) is 0 Å². The van der Waals surface area contributed by atoms with Crippen LogP contribution in [0.5, 0.6) is 0 Å². The quantitative estimate of drug-likeness (QED) is 0.744. The molecule has 0 saturated heterocycles. The fraction of sp³-hybridized carbons (Fsp3) is 0.667. The molecule has 1 aromatic rings. The highest BCUT2D eigenvalue weighted by molar-refractivity contribution is 5.92. The minimum atomic E-state index is -0.0401. The highest BCUT2D eigenvalue weighted by Crippen LogP contribution is 2.24. The Hall–Kier alpha value is -1.60. The molecule has 0 aromatic carbocycles. The van der Waals surface area contributed by atoms with E-state index < -0.39 is 0 Å². The first-order valence-corrected chi connectivity index (χ1v) is 7.98. The smallest absolute Gasteiger partial charge is 0.241 e. The number of hydrogen-bond acceptors (Lipinski definition) is 4. The molecule has 2 aliphatic rings. The lowest BCUT2D eigenvalue weighted by Gasteiger charge is -2.25. The molecule has 0 spiro atoms. The van der Waals surface area contributed by atoms with Crippen molar-refractivity contribution in [2.45, 2.75) is 57.2 Å². The van der Waals surface area contributed by atoms with Crippen molar-refractivity contribution in [2.75, 3.05) is 5.32 Å².